The maximum atomic E-state index is 11.6. The summed E-state index contributed by atoms with van der Waals surface area (Å²) in [5, 5.41) is 14.7. The van der Waals surface area contributed by atoms with E-state index in [4.69, 9.17) is 5.11 Å². The number of carboxylic acids is 1. The van der Waals surface area contributed by atoms with Crippen LogP contribution in [0.25, 0.3) is 0 Å². The number of carbonyl (C=O) groups excluding carboxylic acids is 1. The summed E-state index contributed by atoms with van der Waals surface area (Å²) in [6.45, 7) is 3.16. The van der Waals surface area contributed by atoms with Crippen LogP contribution >= 0.6 is 23.5 Å². The minimum absolute atomic E-state index is 0.153. The van der Waals surface area contributed by atoms with Gasteiger partial charge in [0.1, 0.15) is 0 Å². The van der Waals surface area contributed by atoms with Gasteiger partial charge in [0, 0.05) is 42.0 Å². The summed E-state index contributed by atoms with van der Waals surface area (Å²) in [6.07, 6.45) is 0.741. The molecule has 5 nitrogen and oxygen atoms in total. The van der Waals surface area contributed by atoms with Crippen molar-refractivity contribution in [1.29, 1.82) is 0 Å². The van der Waals surface area contributed by atoms with E-state index in [1.54, 1.807) is 0 Å². The highest BCUT2D eigenvalue weighted by Crippen LogP contribution is 2.23. The number of nitrogens with one attached hydrogen (secondary N) is 2. The number of thioether (sulfide) groups is 2. The van der Waals surface area contributed by atoms with Crippen molar-refractivity contribution in [2.45, 2.75) is 25.0 Å². The van der Waals surface area contributed by atoms with E-state index in [0.29, 0.717) is 24.8 Å². The van der Waals surface area contributed by atoms with E-state index in [-0.39, 0.29) is 18.4 Å². The molecule has 2 amide bonds. The van der Waals surface area contributed by atoms with E-state index in [1.807, 2.05) is 30.4 Å². The molecule has 2 atom stereocenters. The molecule has 0 radical (unpaired) electrons. The molecule has 0 spiro atoms. The lowest BCUT2D eigenvalue weighted by Gasteiger charge is -2.21. The van der Waals surface area contributed by atoms with Gasteiger partial charge in [-0.3, -0.25) is 4.79 Å². The lowest BCUT2D eigenvalue weighted by Crippen LogP contribution is -2.41. The zero-order valence-electron chi connectivity index (χ0n) is 11.2. The van der Waals surface area contributed by atoms with Crippen LogP contribution in [-0.2, 0) is 4.79 Å². The number of hydrogen-bond acceptors (Lipinski definition) is 4. The summed E-state index contributed by atoms with van der Waals surface area (Å²) in [5.41, 5.74) is 0. The Morgan fingerprint density at radius 1 is 1.37 bits per heavy atom. The standard InChI is InChI=1S/C12H22N2O3S2/c1-9(2-3-11(15)16)6-13-12(17)14-7-10-8-18-4-5-19-10/h9-10H,2-8H2,1H3,(H,15,16)(H2,13,14,17). The normalized spacial score (nSPS) is 20.6. The number of aliphatic carboxylic acids is 1. The van der Waals surface area contributed by atoms with Crippen molar-refractivity contribution in [3.8, 4) is 0 Å². The Hall–Kier alpha value is -0.560. The zero-order chi connectivity index (χ0) is 14.1. The number of rotatable bonds is 7. The molecular formula is C12H22N2O3S2. The number of urea groups is 1. The second-order valence-corrected chi connectivity index (χ2v) is 7.25. The van der Waals surface area contributed by atoms with Crippen LogP contribution in [0.1, 0.15) is 19.8 Å². The summed E-state index contributed by atoms with van der Waals surface area (Å²) in [4.78, 5) is 22.0. The molecule has 0 aromatic rings. The molecule has 0 aromatic heterocycles. The van der Waals surface area contributed by atoms with Crippen LogP contribution in [0, 0.1) is 5.92 Å². The first kappa shape index (κ1) is 16.5. The van der Waals surface area contributed by atoms with E-state index >= 15 is 0 Å². The molecule has 19 heavy (non-hydrogen) atoms. The molecule has 0 aliphatic carbocycles. The quantitative estimate of drug-likeness (QED) is 0.666. The largest absolute Gasteiger partial charge is 0.481 e. The molecular weight excluding hydrogens is 284 g/mol. The van der Waals surface area contributed by atoms with E-state index in [0.717, 1.165) is 11.5 Å². The highest BCUT2D eigenvalue weighted by atomic mass is 32.2. The first-order chi connectivity index (χ1) is 9.08. The van der Waals surface area contributed by atoms with E-state index in [2.05, 4.69) is 10.6 Å². The van der Waals surface area contributed by atoms with Crippen LogP contribution < -0.4 is 10.6 Å². The van der Waals surface area contributed by atoms with Crippen molar-refractivity contribution in [3.63, 3.8) is 0 Å². The van der Waals surface area contributed by atoms with Crippen LogP contribution in [0.4, 0.5) is 4.79 Å². The average Bonchev–Trinajstić information content (AvgIpc) is 2.41. The topological polar surface area (TPSA) is 78.4 Å². The van der Waals surface area contributed by atoms with Gasteiger partial charge in [0.25, 0.3) is 0 Å². The maximum absolute atomic E-state index is 11.6. The number of carbonyl (C=O) groups is 2. The van der Waals surface area contributed by atoms with E-state index < -0.39 is 5.97 Å². The molecule has 1 rings (SSSR count). The smallest absolute Gasteiger partial charge is 0.314 e. The van der Waals surface area contributed by atoms with Gasteiger partial charge >= 0.3 is 12.0 Å². The summed E-state index contributed by atoms with van der Waals surface area (Å²) >= 11 is 3.85. The van der Waals surface area contributed by atoms with Crippen LogP contribution in [0.5, 0.6) is 0 Å². The van der Waals surface area contributed by atoms with Gasteiger partial charge in [0.15, 0.2) is 0 Å². The first-order valence-electron chi connectivity index (χ1n) is 6.50. The third-order valence-electron chi connectivity index (χ3n) is 2.84. The van der Waals surface area contributed by atoms with Gasteiger partial charge in [-0.2, -0.15) is 23.5 Å². The zero-order valence-corrected chi connectivity index (χ0v) is 12.8. The summed E-state index contributed by atoms with van der Waals surface area (Å²) in [5.74, 6) is 2.85. The van der Waals surface area contributed by atoms with Gasteiger partial charge in [-0.25, -0.2) is 4.79 Å². The second kappa shape index (κ2) is 9.36. The Kier molecular flexibility index (Phi) is 8.13. The van der Waals surface area contributed by atoms with Gasteiger partial charge in [0.05, 0.1) is 0 Å². The Morgan fingerprint density at radius 3 is 2.79 bits per heavy atom. The SMILES string of the molecule is CC(CCC(=O)O)CNC(=O)NCC1CSCCS1. The molecule has 1 fully saturated rings. The molecule has 0 aromatic carbocycles. The predicted molar refractivity (Wildman–Crippen MR) is 81.0 cm³/mol. The van der Waals surface area contributed by atoms with Crippen LogP contribution in [-0.4, -0.2) is 52.7 Å². The molecule has 1 aliphatic heterocycles. The first-order valence-corrected chi connectivity index (χ1v) is 8.71. The van der Waals surface area contributed by atoms with Crippen molar-refractivity contribution in [3.05, 3.63) is 0 Å². The molecule has 0 saturated carbocycles. The highest BCUT2D eigenvalue weighted by molar-refractivity contribution is 8.06. The molecule has 0 bridgehead atoms. The van der Waals surface area contributed by atoms with Crippen LogP contribution in [0.2, 0.25) is 0 Å². The summed E-state index contributed by atoms with van der Waals surface area (Å²) < 4.78 is 0. The Balaban J connectivity index is 2.05. The van der Waals surface area contributed by atoms with E-state index in [9.17, 15) is 9.59 Å². The van der Waals surface area contributed by atoms with Crippen molar-refractivity contribution in [2.24, 2.45) is 5.92 Å². The second-order valence-electron chi connectivity index (χ2n) is 4.70. The third-order valence-corrected chi connectivity index (χ3v) is 5.68. The maximum Gasteiger partial charge on any atom is 0.314 e. The predicted octanol–water partition coefficient (Wildman–Crippen LogP) is 1.64. The molecule has 1 aliphatic rings. The minimum Gasteiger partial charge on any atom is -0.481 e. The molecule has 7 heteroatoms. The van der Waals surface area contributed by atoms with Crippen molar-refractivity contribution < 1.29 is 14.7 Å². The Bertz CT molecular complexity index is 297. The third kappa shape index (κ3) is 8.26. The average molecular weight is 306 g/mol. The molecule has 3 N–H and O–H groups in total. The van der Waals surface area contributed by atoms with Gasteiger partial charge in [-0.1, -0.05) is 6.92 Å². The number of hydrogen-bond donors (Lipinski definition) is 3. The van der Waals surface area contributed by atoms with Crippen molar-refractivity contribution >= 4 is 35.5 Å². The van der Waals surface area contributed by atoms with Crippen molar-refractivity contribution in [1.82, 2.24) is 10.6 Å². The molecule has 110 valence electrons. The fourth-order valence-electron chi connectivity index (χ4n) is 1.66. The summed E-state index contributed by atoms with van der Waals surface area (Å²) in [6, 6.07) is -0.154. The molecule has 2 unspecified atom stereocenters. The van der Waals surface area contributed by atoms with E-state index in [1.165, 1.54) is 5.75 Å². The van der Waals surface area contributed by atoms with Crippen LogP contribution in [0.3, 0.4) is 0 Å². The van der Waals surface area contributed by atoms with Gasteiger partial charge < -0.3 is 15.7 Å². The van der Waals surface area contributed by atoms with Crippen molar-refractivity contribution in [2.75, 3.05) is 30.3 Å². The van der Waals surface area contributed by atoms with Gasteiger partial charge in [-0.15, -0.1) is 0 Å². The minimum atomic E-state index is -0.789. The Morgan fingerprint density at radius 2 is 2.16 bits per heavy atom. The Labute approximate surface area is 122 Å². The van der Waals surface area contributed by atoms with Gasteiger partial charge in [-0.05, 0) is 12.3 Å². The molecule has 1 heterocycles. The fourth-order valence-corrected chi connectivity index (χ4v) is 4.27. The molecule has 1 saturated heterocycles. The fraction of sp³-hybridized carbons (Fsp3) is 0.833. The number of amides is 2. The lowest BCUT2D eigenvalue weighted by atomic mass is 10.1. The van der Waals surface area contributed by atoms with Gasteiger partial charge in [0.2, 0.25) is 0 Å². The van der Waals surface area contributed by atoms with Crippen LogP contribution in [0.15, 0.2) is 0 Å². The highest BCUT2D eigenvalue weighted by Gasteiger charge is 2.15. The monoisotopic (exact) mass is 306 g/mol. The summed E-state index contributed by atoms with van der Waals surface area (Å²) in [7, 11) is 0. The number of carboxylic acid groups (broad SMARTS) is 1. The lowest BCUT2D eigenvalue weighted by molar-refractivity contribution is -0.137.